The smallest absolute Gasteiger partial charge is 0.243 e. The minimum Gasteiger partial charge on any atom is -0.494 e. The zero-order chi connectivity index (χ0) is 21.7. The van der Waals surface area contributed by atoms with E-state index in [9.17, 15) is 13.2 Å². The Morgan fingerprint density at radius 2 is 1.83 bits per heavy atom. The van der Waals surface area contributed by atoms with Gasteiger partial charge in [-0.15, -0.1) is 0 Å². The lowest BCUT2D eigenvalue weighted by molar-refractivity contribution is -0.137. The van der Waals surface area contributed by atoms with E-state index in [0.717, 1.165) is 19.3 Å². The molecule has 1 aromatic heterocycles. The number of nitrogens with zero attached hydrogens (tertiary/aromatic N) is 2. The Labute approximate surface area is 178 Å². The van der Waals surface area contributed by atoms with E-state index in [-0.39, 0.29) is 36.0 Å². The normalized spacial score (nSPS) is 19.8. The molecule has 2 heterocycles. The van der Waals surface area contributed by atoms with Crippen LogP contribution in [0.4, 0.5) is 0 Å². The number of hydrogen-bond acceptors (Lipinski definition) is 5. The predicted octanol–water partition coefficient (Wildman–Crippen LogP) is 3.66. The molecule has 2 unspecified atom stereocenters. The van der Waals surface area contributed by atoms with E-state index < -0.39 is 10.0 Å². The maximum absolute atomic E-state index is 13.4. The second-order valence-electron chi connectivity index (χ2n) is 7.69. The highest BCUT2D eigenvalue weighted by Gasteiger charge is 2.34. The average Bonchev–Trinajstić information content (AvgIpc) is 3.21. The Hall–Kier alpha value is -2.32. The van der Waals surface area contributed by atoms with Crippen molar-refractivity contribution in [1.82, 2.24) is 9.21 Å². The maximum Gasteiger partial charge on any atom is 0.243 e. The van der Waals surface area contributed by atoms with Crippen molar-refractivity contribution >= 4 is 15.9 Å². The number of furan rings is 1. The van der Waals surface area contributed by atoms with Crippen molar-refractivity contribution in [3.63, 3.8) is 0 Å². The first kappa shape index (κ1) is 22.4. The topological polar surface area (TPSA) is 80.1 Å². The van der Waals surface area contributed by atoms with Crippen LogP contribution in [0.1, 0.15) is 45.8 Å². The second kappa shape index (κ2) is 9.66. The van der Waals surface area contributed by atoms with Crippen LogP contribution < -0.4 is 4.74 Å². The van der Waals surface area contributed by atoms with Gasteiger partial charge in [0.15, 0.2) is 0 Å². The SMILES string of the molecule is CCOc1ccc(S(=O)(=O)N(CC(=O)N2C(C)CCCC2C)Cc2ccco2)cc1. The van der Waals surface area contributed by atoms with Crippen molar-refractivity contribution in [2.75, 3.05) is 13.2 Å². The standard InChI is InChI=1S/C22H30N2O5S/c1-4-28-19-10-12-21(13-11-19)30(26,27)23(15-20-9-6-14-29-20)16-22(25)24-17(2)7-5-8-18(24)3/h6,9-14,17-18H,4-5,7-8,15-16H2,1-3H3. The van der Waals surface area contributed by atoms with Crippen molar-refractivity contribution in [3.8, 4) is 5.75 Å². The van der Waals surface area contributed by atoms with Crippen LogP contribution in [0.25, 0.3) is 0 Å². The molecule has 1 aromatic carbocycles. The molecule has 2 aromatic rings. The van der Waals surface area contributed by atoms with E-state index in [4.69, 9.17) is 9.15 Å². The molecule has 1 fully saturated rings. The molecule has 8 heteroatoms. The fourth-order valence-corrected chi connectivity index (χ4v) is 5.33. The van der Waals surface area contributed by atoms with Crippen LogP contribution in [0.15, 0.2) is 52.0 Å². The predicted molar refractivity (Wildman–Crippen MR) is 114 cm³/mol. The molecule has 7 nitrogen and oxygen atoms in total. The van der Waals surface area contributed by atoms with Gasteiger partial charge < -0.3 is 14.1 Å². The third-order valence-electron chi connectivity index (χ3n) is 5.48. The minimum atomic E-state index is -3.91. The number of amides is 1. The Morgan fingerprint density at radius 3 is 2.40 bits per heavy atom. The number of carbonyl (C=O) groups is 1. The summed E-state index contributed by atoms with van der Waals surface area (Å²) >= 11 is 0. The lowest BCUT2D eigenvalue weighted by atomic mass is 9.97. The van der Waals surface area contributed by atoms with Crippen molar-refractivity contribution in [3.05, 3.63) is 48.4 Å². The molecule has 1 aliphatic heterocycles. The first-order valence-electron chi connectivity index (χ1n) is 10.4. The number of benzene rings is 1. The molecular formula is C22H30N2O5S. The lowest BCUT2D eigenvalue weighted by Gasteiger charge is -2.40. The molecule has 0 radical (unpaired) electrons. The van der Waals surface area contributed by atoms with Crippen LogP contribution in [0, 0.1) is 0 Å². The zero-order valence-corrected chi connectivity index (χ0v) is 18.6. The molecule has 2 atom stereocenters. The van der Waals surface area contributed by atoms with Crippen LogP contribution >= 0.6 is 0 Å². The molecule has 30 heavy (non-hydrogen) atoms. The van der Waals surface area contributed by atoms with Gasteiger partial charge >= 0.3 is 0 Å². The zero-order valence-electron chi connectivity index (χ0n) is 17.8. The summed E-state index contributed by atoms with van der Waals surface area (Å²) in [6.07, 6.45) is 4.43. The largest absolute Gasteiger partial charge is 0.494 e. The first-order valence-corrected chi connectivity index (χ1v) is 11.8. The molecule has 0 aliphatic carbocycles. The van der Waals surface area contributed by atoms with E-state index in [1.54, 1.807) is 24.3 Å². The van der Waals surface area contributed by atoms with Crippen molar-refractivity contribution in [1.29, 1.82) is 0 Å². The Morgan fingerprint density at radius 1 is 1.17 bits per heavy atom. The Kier molecular flexibility index (Phi) is 7.20. The summed E-state index contributed by atoms with van der Waals surface area (Å²) in [5.74, 6) is 0.897. The number of sulfonamides is 1. The lowest BCUT2D eigenvalue weighted by Crippen LogP contribution is -2.51. The Bertz CT molecular complexity index is 915. The van der Waals surface area contributed by atoms with Gasteiger partial charge in [0, 0.05) is 12.1 Å². The molecule has 0 saturated carbocycles. The molecule has 3 rings (SSSR count). The van der Waals surface area contributed by atoms with E-state index >= 15 is 0 Å². The van der Waals surface area contributed by atoms with Crippen LogP contribution in [-0.4, -0.2) is 48.8 Å². The highest BCUT2D eigenvalue weighted by atomic mass is 32.2. The van der Waals surface area contributed by atoms with Crippen molar-refractivity contribution in [2.45, 2.75) is 63.6 Å². The van der Waals surface area contributed by atoms with Crippen LogP contribution in [-0.2, 0) is 21.4 Å². The molecule has 164 valence electrons. The molecule has 1 saturated heterocycles. The number of likely N-dealkylation sites (tertiary alicyclic amines) is 1. The minimum absolute atomic E-state index is 0.00904. The number of piperidine rings is 1. The number of ether oxygens (including phenoxy) is 1. The van der Waals surface area contributed by atoms with Crippen LogP contribution in [0.3, 0.4) is 0 Å². The number of rotatable bonds is 8. The van der Waals surface area contributed by atoms with E-state index in [0.29, 0.717) is 18.1 Å². The highest BCUT2D eigenvalue weighted by Crippen LogP contribution is 2.25. The summed E-state index contributed by atoms with van der Waals surface area (Å²) in [5, 5.41) is 0. The first-order chi connectivity index (χ1) is 14.3. The number of hydrogen-bond donors (Lipinski definition) is 0. The maximum atomic E-state index is 13.4. The second-order valence-corrected chi connectivity index (χ2v) is 9.62. The van der Waals surface area contributed by atoms with Gasteiger partial charge in [-0.25, -0.2) is 8.42 Å². The molecular weight excluding hydrogens is 404 g/mol. The molecule has 0 bridgehead atoms. The van der Waals surface area contributed by atoms with Gasteiger partial charge in [0.1, 0.15) is 11.5 Å². The molecule has 0 spiro atoms. The molecule has 1 aliphatic rings. The summed E-state index contributed by atoms with van der Waals surface area (Å²) in [6.45, 7) is 6.16. The van der Waals surface area contributed by atoms with Gasteiger partial charge in [-0.05, 0) is 76.4 Å². The van der Waals surface area contributed by atoms with E-state index in [1.165, 1.54) is 22.7 Å². The summed E-state index contributed by atoms with van der Waals surface area (Å²) in [5.41, 5.74) is 0. The fraction of sp³-hybridized carbons (Fsp3) is 0.500. The summed E-state index contributed by atoms with van der Waals surface area (Å²) in [4.78, 5) is 15.1. The van der Waals surface area contributed by atoms with Gasteiger partial charge in [0.25, 0.3) is 0 Å². The monoisotopic (exact) mass is 434 g/mol. The highest BCUT2D eigenvalue weighted by molar-refractivity contribution is 7.89. The van der Waals surface area contributed by atoms with Gasteiger partial charge in [-0.3, -0.25) is 4.79 Å². The fourth-order valence-electron chi connectivity index (χ4n) is 3.97. The summed E-state index contributed by atoms with van der Waals surface area (Å²) in [7, 11) is -3.91. The van der Waals surface area contributed by atoms with E-state index in [1.807, 2.05) is 25.7 Å². The summed E-state index contributed by atoms with van der Waals surface area (Å²) in [6, 6.07) is 9.86. The van der Waals surface area contributed by atoms with Crippen molar-refractivity contribution in [2.24, 2.45) is 0 Å². The summed E-state index contributed by atoms with van der Waals surface area (Å²) < 4.78 is 38.7. The third-order valence-corrected chi connectivity index (χ3v) is 7.28. The third kappa shape index (κ3) is 5.05. The van der Waals surface area contributed by atoms with Crippen LogP contribution in [0.2, 0.25) is 0 Å². The van der Waals surface area contributed by atoms with Crippen molar-refractivity contribution < 1.29 is 22.4 Å². The van der Waals surface area contributed by atoms with Crippen LogP contribution in [0.5, 0.6) is 5.75 Å². The van der Waals surface area contributed by atoms with Gasteiger partial charge in [-0.1, -0.05) is 0 Å². The molecule has 1 amide bonds. The average molecular weight is 435 g/mol. The van der Waals surface area contributed by atoms with Gasteiger partial charge in [0.05, 0.1) is 30.9 Å². The van der Waals surface area contributed by atoms with Gasteiger partial charge in [0.2, 0.25) is 15.9 Å². The van der Waals surface area contributed by atoms with E-state index in [2.05, 4.69) is 0 Å². The Balaban J connectivity index is 1.86. The van der Waals surface area contributed by atoms with Gasteiger partial charge in [-0.2, -0.15) is 4.31 Å². The number of carbonyl (C=O) groups excluding carboxylic acids is 1. The molecule has 0 N–H and O–H groups in total. The quantitative estimate of drug-likeness (QED) is 0.633.